The summed E-state index contributed by atoms with van der Waals surface area (Å²) in [5, 5.41) is 10.1. The monoisotopic (exact) mass is 434 g/mol. The minimum atomic E-state index is -0.369. The zero-order chi connectivity index (χ0) is 22.5. The van der Waals surface area contributed by atoms with E-state index in [1.165, 1.54) is 24.3 Å². The number of methoxy groups -OCH3 is 1. The van der Waals surface area contributed by atoms with Gasteiger partial charge in [0.15, 0.2) is 0 Å². The first kappa shape index (κ1) is 21.8. The van der Waals surface area contributed by atoms with E-state index in [1.807, 2.05) is 47.4 Å². The lowest BCUT2D eigenvalue weighted by atomic mass is 10.00. The Morgan fingerprint density at radius 3 is 2.47 bits per heavy atom. The number of halogens is 1. The van der Waals surface area contributed by atoms with Gasteiger partial charge in [-0.15, -0.1) is 0 Å². The van der Waals surface area contributed by atoms with Crippen molar-refractivity contribution in [3.8, 4) is 11.5 Å². The first-order chi connectivity index (χ1) is 15.5. The summed E-state index contributed by atoms with van der Waals surface area (Å²) in [4.78, 5) is 17.6. The lowest BCUT2D eigenvalue weighted by Gasteiger charge is -2.39. The van der Waals surface area contributed by atoms with Gasteiger partial charge in [-0.3, -0.25) is 9.69 Å². The number of piperidine rings is 1. The van der Waals surface area contributed by atoms with Crippen LogP contribution in [0.15, 0.2) is 72.8 Å². The lowest BCUT2D eigenvalue weighted by molar-refractivity contribution is 0.0958. The maximum absolute atomic E-state index is 13.5. The average Bonchev–Trinajstić information content (AvgIpc) is 2.82. The SMILES string of the molecule is COc1cccc(N(C(=O)c2ccc(F)cc2)C2CCN(Cc3ccccc3O)CC2)c1. The molecule has 6 heteroatoms. The van der Waals surface area contributed by atoms with Gasteiger partial charge in [-0.25, -0.2) is 4.39 Å². The number of ether oxygens (including phenoxy) is 1. The van der Waals surface area contributed by atoms with E-state index in [-0.39, 0.29) is 17.8 Å². The van der Waals surface area contributed by atoms with Crippen molar-refractivity contribution in [1.82, 2.24) is 4.90 Å². The first-order valence-electron chi connectivity index (χ1n) is 10.8. The highest BCUT2D eigenvalue weighted by Gasteiger charge is 2.30. The molecule has 0 atom stereocenters. The van der Waals surface area contributed by atoms with Gasteiger partial charge in [-0.2, -0.15) is 0 Å². The van der Waals surface area contributed by atoms with Crippen molar-refractivity contribution in [3.05, 3.63) is 89.7 Å². The largest absolute Gasteiger partial charge is 0.508 e. The second-order valence-corrected chi connectivity index (χ2v) is 8.02. The van der Waals surface area contributed by atoms with Gasteiger partial charge in [0.1, 0.15) is 17.3 Å². The van der Waals surface area contributed by atoms with Crippen LogP contribution in [0, 0.1) is 5.82 Å². The van der Waals surface area contributed by atoms with Crippen LogP contribution in [-0.4, -0.2) is 42.2 Å². The third kappa shape index (κ3) is 4.92. The van der Waals surface area contributed by atoms with E-state index in [9.17, 15) is 14.3 Å². The van der Waals surface area contributed by atoms with E-state index >= 15 is 0 Å². The average molecular weight is 435 g/mol. The van der Waals surface area contributed by atoms with Crippen LogP contribution in [0.25, 0.3) is 0 Å². The molecule has 166 valence electrons. The maximum Gasteiger partial charge on any atom is 0.258 e. The number of benzene rings is 3. The summed E-state index contributed by atoms with van der Waals surface area (Å²) in [5.41, 5.74) is 2.11. The van der Waals surface area contributed by atoms with Gasteiger partial charge in [-0.05, 0) is 55.3 Å². The van der Waals surface area contributed by atoms with Gasteiger partial charge in [0.2, 0.25) is 0 Å². The van der Waals surface area contributed by atoms with Gasteiger partial charge < -0.3 is 14.7 Å². The Hall–Kier alpha value is -3.38. The number of rotatable bonds is 6. The predicted octanol–water partition coefficient (Wildman–Crippen LogP) is 4.85. The standard InChI is InChI=1S/C26H27FN2O3/c1-32-24-7-4-6-23(17-24)29(26(31)19-9-11-21(27)12-10-19)22-13-15-28(16-14-22)18-20-5-2-3-8-25(20)30/h2-12,17,22,30H,13-16,18H2,1H3. The molecule has 1 heterocycles. The fourth-order valence-electron chi connectivity index (χ4n) is 4.21. The number of likely N-dealkylation sites (tertiary alicyclic amines) is 1. The number of hydrogen-bond donors (Lipinski definition) is 1. The summed E-state index contributed by atoms with van der Waals surface area (Å²) < 4.78 is 18.8. The molecular formula is C26H27FN2O3. The fraction of sp³-hybridized carbons (Fsp3) is 0.269. The van der Waals surface area contributed by atoms with Crippen molar-refractivity contribution in [2.75, 3.05) is 25.1 Å². The van der Waals surface area contributed by atoms with Gasteiger partial charge >= 0.3 is 0 Å². The minimum Gasteiger partial charge on any atom is -0.508 e. The van der Waals surface area contributed by atoms with Crippen LogP contribution >= 0.6 is 0 Å². The third-order valence-corrected chi connectivity index (χ3v) is 5.95. The molecular weight excluding hydrogens is 407 g/mol. The molecule has 32 heavy (non-hydrogen) atoms. The quantitative estimate of drug-likeness (QED) is 0.603. The van der Waals surface area contributed by atoms with Gasteiger partial charge in [0.25, 0.3) is 5.91 Å². The van der Waals surface area contributed by atoms with E-state index < -0.39 is 0 Å². The highest BCUT2D eigenvalue weighted by Crippen LogP contribution is 2.29. The summed E-state index contributed by atoms with van der Waals surface area (Å²) >= 11 is 0. The molecule has 0 aliphatic carbocycles. The van der Waals surface area contributed by atoms with E-state index in [1.54, 1.807) is 13.2 Å². The van der Waals surface area contributed by atoms with Crippen molar-refractivity contribution in [2.24, 2.45) is 0 Å². The number of para-hydroxylation sites is 1. The second kappa shape index (κ2) is 9.83. The number of phenols is 1. The fourth-order valence-corrected chi connectivity index (χ4v) is 4.21. The van der Waals surface area contributed by atoms with Crippen LogP contribution in [0.5, 0.6) is 11.5 Å². The summed E-state index contributed by atoms with van der Waals surface area (Å²) in [6.07, 6.45) is 1.58. The number of carbonyl (C=O) groups is 1. The molecule has 0 saturated carbocycles. The molecule has 0 unspecified atom stereocenters. The Kier molecular flexibility index (Phi) is 6.71. The number of carbonyl (C=O) groups excluding carboxylic acids is 1. The normalized spacial score (nSPS) is 14.8. The Bertz CT molecular complexity index is 1060. The van der Waals surface area contributed by atoms with Crippen molar-refractivity contribution in [3.63, 3.8) is 0 Å². The number of hydrogen-bond acceptors (Lipinski definition) is 4. The molecule has 1 fully saturated rings. The molecule has 5 nitrogen and oxygen atoms in total. The molecule has 1 amide bonds. The molecule has 1 aliphatic rings. The lowest BCUT2D eigenvalue weighted by Crippen LogP contribution is -2.47. The van der Waals surface area contributed by atoms with Gasteiger partial charge in [-0.1, -0.05) is 24.3 Å². The van der Waals surface area contributed by atoms with E-state index in [0.717, 1.165) is 37.2 Å². The summed E-state index contributed by atoms with van der Waals surface area (Å²) in [7, 11) is 1.60. The number of phenolic OH excluding ortho intramolecular Hbond substituents is 1. The van der Waals surface area contributed by atoms with E-state index in [0.29, 0.717) is 23.6 Å². The molecule has 0 bridgehead atoms. The highest BCUT2D eigenvalue weighted by molar-refractivity contribution is 6.06. The number of amides is 1. The zero-order valence-electron chi connectivity index (χ0n) is 18.1. The number of aromatic hydroxyl groups is 1. The van der Waals surface area contributed by atoms with Crippen molar-refractivity contribution < 1.29 is 19.0 Å². The molecule has 0 aromatic heterocycles. The van der Waals surface area contributed by atoms with Crippen LogP contribution in [0.1, 0.15) is 28.8 Å². The zero-order valence-corrected chi connectivity index (χ0v) is 18.1. The van der Waals surface area contributed by atoms with Crippen molar-refractivity contribution >= 4 is 11.6 Å². The van der Waals surface area contributed by atoms with Crippen molar-refractivity contribution in [2.45, 2.75) is 25.4 Å². The Morgan fingerprint density at radius 1 is 1.06 bits per heavy atom. The van der Waals surface area contributed by atoms with Crippen LogP contribution in [0.2, 0.25) is 0 Å². The number of anilines is 1. The molecule has 0 spiro atoms. The molecule has 1 N–H and O–H groups in total. The Morgan fingerprint density at radius 2 is 1.78 bits per heavy atom. The van der Waals surface area contributed by atoms with E-state index in [4.69, 9.17) is 4.74 Å². The third-order valence-electron chi connectivity index (χ3n) is 5.95. The molecule has 0 radical (unpaired) electrons. The Labute approximate surface area is 187 Å². The Balaban J connectivity index is 1.54. The van der Waals surface area contributed by atoms with Crippen LogP contribution in [-0.2, 0) is 6.54 Å². The van der Waals surface area contributed by atoms with Gasteiger partial charge in [0, 0.05) is 48.6 Å². The predicted molar refractivity (Wildman–Crippen MR) is 123 cm³/mol. The topological polar surface area (TPSA) is 53.0 Å². The first-order valence-corrected chi connectivity index (χ1v) is 10.8. The summed E-state index contributed by atoms with van der Waals surface area (Å²) in [5.74, 6) is 0.458. The molecule has 1 aliphatic heterocycles. The smallest absolute Gasteiger partial charge is 0.258 e. The molecule has 3 aromatic carbocycles. The summed E-state index contributed by atoms with van der Waals surface area (Å²) in [6, 6.07) is 20.5. The summed E-state index contributed by atoms with van der Waals surface area (Å²) in [6.45, 7) is 2.27. The number of nitrogens with zero attached hydrogens (tertiary/aromatic N) is 2. The highest BCUT2D eigenvalue weighted by atomic mass is 19.1. The van der Waals surface area contributed by atoms with Crippen molar-refractivity contribution in [1.29, 1.82) is 0 Å². The maximum atomic E-state index is 13.5. The van der Waals surface area contributed by atoms with Crippen LogP contribution in [0.3, 0.4) is 0 Å². The second-order valence-electron chi connectivity index (χ2n) is 8.02. The van der Waals surface area contributed by atoms with E-state index in [2.05, 4.69) is 4.90 Å². The van der Waals surface area contributed by atoms with Crippen LogP contribution in [0.4, 0.5) is 10.1 Å². The van der Waals surface area contributed by atoms with Gasteiger partial charge in [0.05, 0.1) is 7.11 Å². The molecule has 3 aromatic rings. The molecule has 4 rings (SSSR count). The minimum absolute atomic E-state index is 0.000259. The molecule has 1 saturated heterocycles. The van der Waals surface area contributed by atoms with Crippen LogP contribution < -0.4 is 9.64 Å².